The molecule has 1 aliphatic rings. The molecule has 1 saturated heterocycles. The number of nitro benzene ring substituents is 1. The number of hydrogen-bond acceptors (Lipinski definition) is 5. The van der Waals surface area contributed by atoms with E-state index in [4.69, 9.17) is 5.73 Å². The first kappa shape index (κ1) is 14.8. The van der Waals surface area contributed by atoms with E-state index < -0.39 is 4.92 Å². The molecule has 2 rings (SSSR count). The fourth-order valence-electron chi connectivity index (χ4n) is 2.25. The molecule has 0 radical (unpaired) electrons. The molecule has 1 amide bonds. The lowest BCUT2D eigenvalue weighted by Crippen LogP contribution is -2.42. The third-order valence-electron chi connectivity index (χ3n) is 3.45. The van der Waals surface area contributed by atoms with Gasteiger partial charge in [-0.1, -0.05) is 0 Å². The number of likely N-dealkylation sites (tertiary alicyclic amines) is 1. The molecule has 0 bridgehead atoms. The highest BCUT2D eigenvalue weighted by atomic mass is 32.2. The second-order valence-electron chi connectivity index (χ2n) is 4.77. The van der Waals surface area contributed by atoms with Crippen molar-refractivity contribution in [3.8, 4) is 0 Å². The normalized spacial score (nSPS) is 16.2. The predicted molar refractivity (Wildman–Crippen MR) is 78.0 cm³/mol. The summed E-state index contributed by atoms with van der Waals surface area (Å²) in [7, 11) is 0. The van der Waals surface area contributed by atoms with Crippen molar-refractivity contribution in [2.24, 2.45) is 5.73 Å². The molecule has 0 aromatic heterocycles. The number of nitrogens with zero attached hydrogens (tertiary/aromatic N) is 2. The topological polar surface area (TPSA) is 89.5 Å². The fraction of sp³-hybridized carbons (Fsp3) is 0.462. The second kappa shape index (κ2) is 6.23. The molecule has 0 spiro atoms. The Bertz CT molecular complexity index is 528. The van der Waals surface area contributed by atoms with Gasteiger partial charge in [-0.25, -0.2) is 0 Å². The molecule has 1 aliphatic heterocycles. The van der Waals surface area contributed by atoms with Gasteiger partial charge >= 0.3 is 0 Å². The minimum absolute atomic E-state index is 0.0166. The van der Waals surface area contributed by atoms with Gasteiger partial charge in [0.2, 0.25) is 0 Å². The van der Waals surface area contributed by atoms with Crippen molar-refractivity contribution >= 4 is 23.4 Å². The minimum Gasteiger partial charge on any atom is -0.339 e. The van der Waals surface area contributed by atoms with E-state index in [0.29, 0.717) is 23.5 Å². The number of nitrogens with two attached hydrogens (primary N) is 1. The Kier molecular flexibility index (Phi) is 4.61. The molecule has 2 N–H and O–H groups in total. The Labute approximate surface area is 121 Å². The van der Waals surface area contributed by atoms with Gasteiger partial charge in [-0.15, -0.1) is 11.8 Å². The Hall–Kier alpha value is -1.60. The third kappa shape index (κ3) is 3.10. The van der Waals surface area contributed by atoms with Gasteiger partial charge in [0.05, 0.1) is 9.82 Å². The third-order valence-corrected chi connectivity index (χ3v) is 4.23. The minimum atomic E-state index is -0.450. The first-order valence-electron chi connectivity index (χ1n) is 6.40. The molecule has 1 aromatic carbocycles. The molecule has 0 unspecified atom stereocenters. The van der Waals surface area contributed by atoms with E-state index in [9.17, 15) is 14.9 Å². The number of benzene rings is 1. The van der Waals surface area contributed by atoms with Gasteiger partial charge in [0, 0.05) is 30.8 Å². The number of hydrogen-bond donors (Lipinski definition) is 1. The maximum Gasteiger partial charge on any atom is 0.283 e. The van der Waals surface area contributed by atoms with E-state index in [1.165, 1.54) is 17.8 Å². The van der Waals surface area contributed by atoms with Gasteiger partial charge in [-0.05, 0) is 31.2 Å². The van der Waals surface area contributed by atoms with E-state index in [-0.39, 0.29) is 17.6 Å². The number of amides is 1. The van der Waals surface area contributed by atoms with Crippen molar-refractivity contribution < 1.29 is 9.72 Å². The zero-order valence-corrected chi connectivity index (χ0v) is 12.1. The van der Waals surface area contributed by atoms with Crippen molar-refractivity contribution in [1.82, 2.24) is 4.90 Å². The summed E-state index contributed by atoms with van der Waals surface area (Å²) in [6, 6.07) is 4.79. The van der Waals surface area contributed by atoms with Gasteiger partial charge in [0.1, 0.15) is 0 Å². The Morgan fingerprint density at radius 2 is 2.10 bits per heavy atom. The van der Waals surface area contributed by atoms with Crippen LogP contribution in [-0.4, -0.2) is 41.1 Å². The summed E-state index contributed by atoms with van der Waals surface area (Å²) in [6.07, 6.45) is 3.32. The van der Waals surface area contributed by atoms with E-state index in [1.54, 1.807) is 23.3 Å². The number of carbonyl (C=O) groups is 1. The molecule has 7 heteroatoms. The van der Waals surface area contributed by atoms with Crippen LogP contribution in [0.2, 0.25) is 0 Å². The maximum absolute atomic E-state index is 12.3. The van der Waals surface area contributed by atoms with Crippen LogP contribution in [0.5, 0.6) is 0 Å². The van der Waals surface area contributed by atoms with Gasteiger partial charge < -0.3 is 10.6 Å². The molecular weight excluding hydrogens is 278 g/mol. The summed E-state index contributed by atoms with van der Waals surface area (Å²) in [5.74, 6) is -0.160. The molecule has 108 valence electrons. The SMILES string of the molecule is CSc1ccc(C(=O)N2CCC(N)CC2)cc1[N+](=O)[O-]. The van der Waals surface area contributed by atoms with Gasteiger partial charge in [0.25, 0.3) is 11.6 Å². The van der Waals surface area contributed by atoms with Gasteiger partial charge in [-0.2, -0.15) is 0 Å². The van der Waals surface area contributed by atoms with Crippen molar-refractivity contribution in [3.63, 3.8) is 0 Å². The van der Waals surface area contributed by atoms with Crippen LogP contribution in [0.25, 0.3) is 0 Å². The molecule has 1 aromatic rings. The monoisotopic (exact) mass is 295 g/mol. The first-order valence-corrected chi connectivity index (χ1v) is 7.62. The zero-order valence-electron chi connectivity index (χ0n) is 11.2. The Balaban J connectivity index is 2.22. The highest BCUT2D eigenvalue weighted by Crippen LogP contribution is 2.29. The van der Waals surface area contributed by atoms with E-state index in [2.05, 4.69) is 0 Å². The molecule has 0 aliphatic carbocycles. The first-order chi connectivity index (χ1) is 9.52. The van der Waals surface area contributed by atoms with Crippen LogP contribution >= 0.6 is 11.8 Å². The number of carbonyl (C=O) groups excluding carboxylic acids is 1. The Morgan fingerprint density at radius 1 is 1.45 bits per heavy atom. The quantitative estimate of drug-likeness (QED) is 0.522. The number of piperidine rings is 1. The van der Waals surface area contributed by atoms with Crippen molar-refractivity contribution in [2.75, 3.05) is 19.3 Å². The van der Waals surface area contributed by atoms with Crippen LogP contribution in [0.15, 0.2) is 23.1 Å². The molecule has 6 nitrogen and oxygen atoms in total. The largest absolute Gasteiger partial charge is 0.339 e. The highest BCUT2D eigenvalue weighted by Gasteiger charge is 2.24. The summed E-state index contributed by atoms with van der Waals surface area (Å²) in [5, 5.41) is 11.0. The Morgan fingerprint density at radius 3 is 2.65 bits per heavy atom. The lowest BCUT2D eigenvalue weighted by Gasteiger charge is -2.30. The maximum atomic E-state index is 12.3. The van der Waals surface area contributed by atoms with Crippen LogP contribution in [0.4, 0.5) is 5.69 Å². The van der Waals surface area contributed by atoms with E-state index in [1.807, 2.05) is 0 Å². The van der Waals surface area contributed by atoms with E-state index >= 15 is 0 Å². The van der Waals surface area contributed by atoms with Gasteiger partial charge in [0.15, 0.2) is 0 Å². The van der Waals surface area contributed by atoms with Crippen molar-refractivity contribution in [2.45, 2.75) is 23.8 Å². The standard InChI is InChI=1S/C13H17N3O3S/c1-20-12-3-2-9(8-11(12)16(18)19)13(17)15-6-4-10(14)5-7-15/h2-3,8,10H,4-7,14H2,1H3. The average molecular weight is 295 g/mol. The molecule has 1 fully saturated rings. The van der Waals surface area contributed by atoms with Crippen molar-refractivity contribution in [3.05, 3.63) is 33.9 Å². The molecule has 0 atom stereocenters. The second-order valence-corrected chi connectivity index (χ2v) is 5.62. The number of nitro groups is 1. The van der Waals surface area contributed by atoms with Crippen LogP contribution in [-0.2, 0) is 0 Å². The summed E-state index contributed by atoms with van der Waals surface area (Å²) in [4.78, 5) is 25.2. The number of thioether (sulfide) groups is 1. The zero-order chi connectivity index (χ0) is 14.7. The lowest BCUT2D eigenvalue weighted by molar-refractivity contribution is -0.387. The van der Waals surface area contributed by atoms with Crippen LogP contribution in [0.3, 0.4) is 0 Å². The lowest BCUT2D eigenvalue weighted by atomic mass is 10.0. The van der Waals surface area contributed by atoms with Crippen LogP contribution in [0.1, 0.15) is 23.2 Å². The summed E-state index contributed by atoms with van der Waals surface area (Å²) in [6.45, 7) is 1.22. The molecule has 1 heterocycles. The average Bonchev–Trinajstić information content (AvgIpc) is 2.46. The summed E-state index contributed by atoms with van der Waals surface area (Å²) < 4.78 is 0. The molecular formula is C13H17N3O3S. The summed E-state index contributed by atoms with van der Waals surface area (Å²) in [5.41, 5.74) is 6.16. The van der Waals surface area contributed by atoms with E-state index in [0.717, 1.165) is 12.8 Å². The number of rotatable bonds is 3. The molecule has 0 saturated carbocycles. The predicted octanol–water partition coefficient (Wildman–Crippen LogP) is 1.88. The summed E-state index contributed by atoms with van der Waals surface area (Å²) >= 11 is 1.30. The van der Waals surface area contributed by atoms with Gasteiger partial charge in [-0.3, -0.25) is 14.9 Å². The van der Waals surface area contributed by atoms with Crippen LogP contribution < -0.4 is 5.73 Å². The highest BCUT2D eigenvalue weighted by molar-refractivity contribution is 7.98. The van der Waals surface area contributed by atoms with Crippen molar-refractivity contribution in [1.29, 1.82) is 0 Å². The smallest absolute Gasteiger partial charge is 0.283 e. The van der Waals surface area contributed by atoms with Crippen LogP contribution in [0, 0.1) is 10.1 Å². The molecule has 20 heavy (non-hydrogen) atoms. The fourth-order valence-corrected chi connectivity index (χ4v) is 2.80.